The Hall–Kier alpha value is -2.20. The second-order valence-corrected chi connectivity index (χ2v) is 5.03. The summed E-state index contributed by atoms with van der Waals surface area (Å²) in [6, 6.07) is 16.0. The van der Waals surface area contributed by atoms with Gasteiger partial charge in [-0.1, -0.05) is 36.4 Å². The average molecular weight is 286 g/mol. The topological polar surface area (TPSA) is 32.3 Å². The predicted octanol–water partition coefficient (Wildman–Crippen LogP) is 3.29. The van der Waals surface area contributed by atoms with Gasteiger partial charge in [0.15, 0.2) is 0 Å². The van der Waals surface area contributed by atoms with Gasteiger partial charge in [0.1, 0.15) is 5.82 Å². The van der Waals surface area contributed by atoms with Crippen LogP contribution in [-0.4, -0.2) is 24.4 Å². The van der Waals surface area contributed by atoms with Gasteiger partial charge >= 0.3 is 0 Å². The second-order valence-electron chi connectivity index (χ2n) is 5.03. The highest BCUT2D eigenvalue weighted by atomic mass is 19.1. The van der Waals surface area contributed by atoms with Gasteiger partial charge in [-0.25, -0.2) is 4.39 Å². The molecule has 0 aliphatic heterocycles. The van der Waals surface area contributed by atoms with E-state index >= 15 is 0 Å². The van der Waals surface area contributed by atoms with E-state index in [9.17, 15) is 9.18 Å². The fraction of sp³-hybridized carbons (Fsp3) is 0.235. The molecule has 21 heavy (non-hydrogen) atoms. The van der Waals surface area contributed by atoms with Crippen LogP contribution < -0.4 is 5.32 Å². The van der Waals surface area contributed by atoms with Crippen LogP contribution in [0.3, 0.4) is 0 Å². The van der Waals surface area contributed by atoms with Crippen LogP contribution in [0.2, 0.25) is 0 Å². The molecule has 2 aromatic carbocycles. The molecule has 0 heterocycles. The lowest BCUT2D eigenvalue weighted by Crippen LogP contribution is -2.24. The molecule has 0 aliphatic carbocycles. The van der Waals surface area contributed by atoms with Gasteiger partial charge in [-0.05, 0) is 30.8 Å². The molecule has 1 amide bonds. The summed E-state index contributed by atoms with van der Waals surface area (Å²) in [5.41, 5.74) is 1.70. The number of anilines is 1. The van der Waals surface area contributed by atoms with Crippen molar-refractivity contribution < 1.29 is 9.18 Å². The quantitative estimate of drug-likeness (QED) is 0.883. The second kappa shape index (κ2) is 7.55. The molecule has 110 valence electrons. The van der Waals surface area contributed by atoms with Crippen LogP contribution >= 0.6 is 0 Å². The summed E-state index contributed by atoms with van der Waals surface area (Å²) in [7, 11) is 1.97. The van der Waals surface area contributed by atoms with E-state index in [-0.39, 0.29) is 11.7 Å². The van der Waals surface area contributed by atoms with Crippen LogP contribution in [0.25, 0.3) is 0 Å². The van der Waals surface area contributed by atoms with Gasteiger partial charge in [-0.15, -0.1) is 0 Å². The Kier molecular flexibility index (Phi) is 5.46. The first-order valence-electron chi connectivity index (χ1n) is 6.91. The van der Waals surface area contributed by atoms with Crippen LogP contribution in [-0.2, 0) is 11.3 Å². The van der Waals surface area contributed by atoms with Crippen LogP contribution in [0.15, 0.2) is 54.6 Å². The maximum atomic E-state index is 13.0. The molecule has 0 saturated heterocycles. The van der Waals surface area contributed by atoms with Crippen molar-refractivity contribution in [1.82, 2.24) is 4.90 Å². The van der Waals surface area contributed by atoms with Crippen molar-refractivity contribution in [2.24, 2.45) is 0 Å². The van der Waals surface area contributed by atoms with Crippen LogP contribution in [0.5, 0.6) is 0 Å². The molecule has 0 atom stereocenters. The van der Waals surface area contributed by atoms with Crippen molar-refractivity contribution in [3.8, 4) is 0 Å². The van der Waals surface area contributed by atoms with Crippen molar-refractivity contribution in [2.75, 3.05) is 18.9 Å². The Bertz CT molecular complexity index is 586. The van der Waals surface area contributed by atoms with Gasteiger partial charge in [-0.3, -0.25) is 4.79 Å². The molecule has 0 radical (unpaired) electrons. The van der Waals surface area contributed by atoms with Gasteiger partial charge in [0.25, 0.3) is 0 Å². The van der Waals surface area contributed by atoms with Crippen molar-refractivity contribution >= 4 is 11.6 Å². The lowest BCUT2D eigenvalue weighted by Gasteiger charge is -2.16. The highest BCUT2D eigenvalue weighted by molar-refractivity contribution is 5.90. The van der Waals surface area contributed by atoms with Gasteiger partial charge in [-0.2, -0.15) is 0 Å². The normalized spacial score (nSPS) is 10.6. The highest BCUT2D eigenvalue weighted by Crippen LogP contribution is 2.09. The summed E-state index contributed by atoms with van der Waals surface area (Å²) in [5.74, 6) is -0.463. The van der Waals surface area contributed by atoms with E-state index in [2.05, 4.69) is 22.3 Å². The summed E-state index contributed by atoms with van der Waals surface area (Å²) in [6.45, 7) is 1.45. The Labute approximate surface area is 124 Å². The summed E-state index contributed by atoms with van der Waals surface area (Å²) >= 11 is 0. The van der Waals surface area contributed by atoms with E-state index in [1.165, 1.54) is 17.7 Å². The van der Waals surface area contributed by atoms with Crippen molar-refractivity contribution in [3.63, 3.8) is 0 Å². The standard InChI is InChI=1S/C17H19FN2O/c1-20(13-14-6-3-2-4-7-14)11-10-17(21)19-16-9-5-8-15(18)12-16/h2-9,12H,10-11,13H2,1H3,(H,19,21). The molecule has 2 rings (SSSR count). The van der Waals surface area contributed by atoms with Crippen molar-refractivity contribution in [1.29, 1.82) is 0 Å². The molecule has 4 heteroatoms. The van der Waals surface area contributed by atoms with Gasteiger partial charge < -0.3 is 10.2 Å². The molecule has 1 N–H and O–H groups in total. The number of hydrogen-bond donors (Lipinski definition) is 1. The molecule has 0 unspecified atom stereocenters. The number of rotatable bonds is 6. The SMILES string of the molecule is CN(CCC(=O)Nc1cccc(F)c1)Cc1ccccc1. The van der Waals surface area contributed by atoms with E-state index in [0.29, 0.717) is 18.7 Å². The van der Waals surface area contributed by atoms with Crippen LogP contribution in [0.4, 0.5) is 10.1 Å². The zero-order valence-electron chi connectivity index (χ0n) is 12.1. The number of nitrogens with one attached hydrogen (secondary N) is 1. The van der Waals surface area contributed by atoms with Crippen molar-refractivity contribution in [3.05, 3.63) is 66.0 Å². The van der Waals surface area contributed by atoms with E-state index < -0.39 is 0 Å². The predicted molar refractivity (Wildman–Crippen MR) is 82.4 cm³/mol. The molecular formula is C17H19FN2O. The van der Waals surface area contributed by atoms with Gasteiger partial charge in [0.05, 0.1) is 0 Å². The molecule has 0 saturated carbocycles. The molecule has 0 bridgehead atoms. The number of benzene rings is 2. The van der Waals surface area contributed by atoms with Gasteiger partial charge in [0.2, 0.25) is 5.91 Å². The van der Waals surface area contributed by atoms with Crippen LogP contribution in [0, 0.1) is 5.82 Å². The van der Waals surface area contributed by atoms with Crippen LogP contribution in [0.1, 0.15) is 12.0 Å². The first kappa shape index (κ1) is 15.2. The first-order valence-corrected chi connectivity index (χ1v) is 6.91. The zero-order valence-corrected chi connectivity index (χ0v) is 12.1. The largest absolute Gasteiger partial charge is 0.326 e. The number of amides is 1. The summed E-state index contributed by atoms with van der Waals surface area (Å²) < 4.78 is 13.0. The van der Waals surface area contributed by atoms with Crippen molar-refractivity contribution in [2.45, 2.75) is 13.0 Å². The maximum absolute atomic E-state index is 13.0. The van der Waals surface area contributed by atoms with Gasteiger partial charge in [0, 0.05) is 25.2 Å². The molecule has 0 fully saturated rings. The Morgan fingerprint density at radius 3 is 2.62 bits per heavy atom. The minimum absolute atomic E-state index is 0.111. The maximum Gasteiger partial charge on any atom is 0.225 e. The smallest absolute Gasteiger partial charge is 0.225 e. The monoisotopic (exact) mass is 286 g/mol. The molecule has 3 nitrogen and oxygen atoms in total. The van der Waals surface area contributed by atoms with E-state index in [4.69, 9.17) is 0 Å². The number of hydrogen-bond acceptors (Lipinski definition) is 2. The van der Waals surface area contributed by atoms with E-state index in [1.807, 2.05) is 25.2 Å². The lowest BCUT2D eigenvalue weighted by molar-refractivity contribution is -0.116. The van der Waals surface area contributed by atoms with E-state index in [1.54, 1.807) is 12.1 Å². The third kappa shape index (κ3) is 5.36. The summed E-state index contributed by atoms with van der Waals surface area (Å²) in [4.78, 5) is 13.9. The molecule has 0 spiro atoms. The third-order valence-electron chi connectivity index (χ3n) is 3.12. The number of carbonyl (C=O) groups excluding carboxylic acids is 1. The fourth-order valence-electron chi connectivity index (χ4n) is 2.06. The molecule has 2 aromatic rings. The average Bonchev–Trinajstić information content (AvgIpc) is 2.46. The molecule has 0 aromatic heterocycles. The molecule has 0 aliphatic rings. The minimum atomic E-state index is -0.353. The lowest BCUT2D eigenvalue weighted by atomic mass is 10.2. The first-order chi connectivity index (χ1) is 10.1. The fourth-order valence-corrected chi connectivity index (χ4v) is 2.06. The zero-order chi connectivity index (χ0) is 15.1. The Morgan fingerprint density at radius 2 is 1.90 bits per heavy atom. The minimum Gasteiger partial charge on any atom is -0.326 e. The van der Waals surface area contributed by atoms with E-state index in [0.717, 1.165) is 6.54 Å². The highest BCUT2D eigenvalue weighted by Gasteiger charge is 2.06. The Balaban J connectivity index is 1.76. The number of halogens is 1. The Morgan fingerprint density at radius 1 is 1.14 bits per heavy atom. The molecular weight excluding hydrogens is 267 g/mol. The third-order valence-corrected chi connectivity index (χ3v) is 3.12. The summed E-state index contributed by atoms with van der Waals surface area (Å²) in [6.07, 6.45) is 0.375. The number of nitrogens with zero attached hydrogens (tertiary/aromatic N) is 1. The summed E-state index contributed by atoms with van der Waals surface area (Å²) in [5, 5.41) is 2.70. The number of carbonyl (C=O) groups is 1.